The summed E-state index contributed by atoms with van der Waals surface area (Å²) in [5.41, 5.74) is 0. The zero-order valence-corrected chi connectivity index (χ0v) is 12.7. The summed E-state index contributed by atoms with van der Waals surface area (Å²) < 4.78 is 12.3. The summed E-state index contributed by atoms with van der Waals surface area (Å²) in [6.07, 6.45) is -12.6. The van der Waals surface area contributed by atoms with Crippen LogP contribution in [0.2, 0.25) is 0 Å². The maximum atomic E-state index is 9.78. The van der Waals surface area contributed by atoms with Gasteiger partial charge in [-0.3, -0.25) is 0 Å². The maximum absolute atomic E-state index is 9.78. The van der Waals surface area contributed by atoms with E-state index in [4.69, 9.17) is 0 Å². The highest BCUT2D eigenvalue weighted by Crippen LogP contribution is 1.83. The molecule has 0 spiro atoms. The molecule has 0 aliphatic rings. The Bertz CT molecular complexity index is 359. The lowest BCUT2D eigenvalue weighted by atomic mass is 11.2. The van der Waals surface area contributed by atoms with E-state index in [0.29, 0.717) is 0 Å². The van der Waals surface area contributed by atoms with Crippen LogP contribution in [0.15, 0.2) is 0 Å². The smallest absolute Gasteiger partial charge is 0.362 e. The van der Waals surface area contributed by atoms with Crippen LogP contribution in [-0.4, -0.2) is 36.9 Å². The van der Waals surface area contributed by atoms with Crippen LogP contribution in [0.25, 0.3) is 0 Å². The summed E-state index contributed by atoms with van der Waals surface area (Å²) in [6, 6.07) is 0. The summed E-state index contributed by atoms with van der Waals surface area (Å²) in [7, 11) is 0. The van der Waals surface area contributed by atoms with Gasteiger partial charge in [0.25, 0.3) is 24.6 Å². The van der Waals surface area contributed by atoms with Gasteiger partial charge in [0.05, 0.1) is 0 Å². The van der Waals surface area contributed by atoms with E-state index in [9.17, 15) is 49.2 Å². The fourth-order valence-electron chi connectivity index (χ4n) is 0.314. The standard InChI is InChI=1S/2C3H2O7.4H3N/c2*4-1(5)9-3(8)10-2(6)7;;;;/h2*(H,4,5)(H,6,7);4*1H3. The predicted octanol–water partition coefficient (Wildman–Crippen LogP) is -2.84. The molecule has 0 saturated carbocycles. The molecule has 0 heterocycles. The maximum Gasteiger partial charge on any atom is 0.362 e. The minimum atomic E-state index is -2.20. The van der Waals surface area contributed by atoms with Crippen molar-refractivity contribution in [2.75, 3.05) is 0 Å². The summed E-state index contributed by atoms with van der Waals surface area (Å²) in [6.45, 7) is 0. The topological polar surface area (TPSA) is 378 Å². The molecule has 144 valence electrons. The molecule has 0 fully saturated rings. The van der Waals surface area contributed by atoms with E-state index in [0.717, 1.165) is 0 Å². The molecule has 24 heavy (non-hydrogen) atoms. The van der Waals surface area contributed by atoms with Crippen molar-refractivity contribution in [3.05, 3.63) is 0 Å². The van der Waals surface area contributed by atoms with Crippen LogP contribution in [0, 0.1) is 0 Å². The molecule has 0 radical (unpaired) electrons. The Labute approximate surface area is 131 Å². The highest BCUT2D eigenvalue weighted by Gasteiger charge is 1.96. The predicted molar refractivity (Wildman–Crippen MR) is 60.7 cm³/mol. The van der Waals surface area contributed by atoms with Crippen molar-refractivity contribution in [1.29, 1.82) is 0 Å². The Morgan fingerprint density at radius 3 is 0.625 bits per heavy atom. The number of hydrogen-bond acceptors (Lipinski definition) is 14. The van der Waals surface area contributed by atoms with Gasteiger partial charge >= 0.3 is 12.3 Å². The summed E-state index contributed by atoms with van der Waals surface area (Å²) in [5, 5.41) is 37.4. The van der Waals surface area contributed by atoms with E-state index in [1.165, 1.54) is 0 Å². The molecule has 0 amide bonds. The van der Waals surface area contributed by atoms with Crippen molar-refractivity contribution in [1.82, 2.24) is 24.6 Å². The van der Waals surface area contributed by atoms with Gasteiger partial charge in [-0.25, -0.2) is 9.59 Å². The highest BCUT2D eigenvalue weighted by atomic mass is 16.8. The Morgan fingerprint density at radius 1 is 0.417 bits per heavy atom. The van der Waals surface area contributed by atoms with Crippen molar-refractivity contribution in [3.63, 3.8) is 0 Å². The molecule has 18 nitrogen and oxygen atoms in total. The van der Waals surface area contributed by atoms with Crippen molar-refractivity contribution < 1.29 is 68.1 Å². The molecule has 0 aromatic carbocycles. The second-order valence-electron chi connectivity index (χ2n) is 1.91. The lowest BCUT2D eigenvalue weighted by Crippen LogP contribution is -2.32. The van der Waals surface area contributed by atoms with Gasteiger partial charge < -0.3 is 83.2 Å². The van der Waals surface area contributed by atoms with E-state index in [-0.39, 0.29) is 24.6 Å². The highest BCUT2D eigenvalue weighted by molar-refractivity contribution is 5.81. The monoisotopic (exact) mass is 368 g/mol. The average Bonchev–Trinajstić information content (AvgIpc) is 2.11. The van der Waals surface area contributed by atoms with E-state index in [2.05, 4.69) is 18.9 Å². The second kappa shape index (κ2) is 19.3. The van der Waals surface area contributed by atoms with E-state index < -0.39 is 36.9 Å². The van der Waals surface area contributed by atoms with Crippen LogP contribution in [0.4, 0.5) is 28.8 Å². The zero-order chi connectivity index (χ0) is 16.3. The molecule has 18 heteroatoms. The summed E-state index contributed by atoms with van der Waals surface area (Å²) in [4.78, 5) is 56.9. The first kappa shape index (κ1) is 37.0. The van der Waals surface area contributed by atoms with Crippen LogP contribution >= 0.6 is 0 Å². The van der Waals surface area contributed by atoms with Gasteiger partial charge in [0.15, 0.2) is 0 Å². The van der Waals surface area contributed by atoms with Gasteiger partial charge in [-0.2, -0.15) is 0 Å². The van der Waals surface area contributed by atoms with E-state index in [1.54, 1.807) is 0 Å². The number of rotatable bonds is 0. The molecule has 0 aliphatic heterocycles. The molecule has 0 aromatic heterocycles. The van der Waals surface area contributed by atoms with Crippen LogP contribution in [0.1, 0.15) is 0 Å². The number of ether oxygens (including phenoxy) is 4. The third-order valence-corrected chi connectivity index (χ3v) is 0.667. The van der Waals surface area contributed by atoms with Crippen LogP contribution < -0.4 is 45.0 Å². The van der Waals surface area contributed by atoms with Gasteiger partial charge in [-0.1, -0.05) is 0 Å². The molecule has 0 rings (SSSR count). The summed E-state index contributed by atoms with van der Waals surface area (Å²) in [5.74, 6) is 0. The Morgan fingerprint density at radius 2 is 0.542 bits per heavy atom. The molecule has 0 atom stereocenters. The van der Waals surface area contributed by atoms with Crippen molar-refractivity contribution in [3.8, 4) is 0 Å². The van der Waals surface area contributed by atoms with Gasteiger partial charge in [0, 0.05) is 0 Å². The van der Waals surface area contributed by atoms with Gasteiger partial charge in [-0.15, -0.1) is 0 Å². The largest absolute Gasteiger partial charge is 0.467 e. The van der Waals surface area contributed by atoms with Crippen molar-refractivity contribution >= 4 is 36.9 Å². The average molecular weight is 368 g/mol. The minimum Gasteiger partial charge on any atom is -0.467 e. The quantitative estimate of drug-likeness (QED) is 0.247. The normalized spacial score (nSPS) is 6.67. The fourth-order valence-corrected chi connectivity index (χ4v) is 0.314. The van der Waals surface area contributed by atoms with Gasteiger partial charge in [0.2, 0.25) is 0 Å². The molecule has 0 saturated heterocycles. The first-order valence-corrected chi connectivity index (χ1v) is 3.67. The lowest BCUT2D eigenvalue weighted by Gasteiger charge is -2.08. The third-order valence-electron chi connectivity index (χ3n) is 0.667. The third kappa shape index (κ3) is 36.2. The van der Waals surface area contributed by atoms with Crippen molar-refractivity contribution in [2.45, 2.75) is 0 Å². The molecular weight excluding hydrogens is 352 g/mol. The van der Waals surface area contributed by atoms with Crippen molar-refractivity contribution in [2.24, 2.45) is 0 Å². The van der Waals surface area contributed by atoms with Gasteiger partial charge in [0.1, 0.15) is 0 Å². The second-order valence-corrected chi connectivity index (χ2v) is 1.91. The number of hydrogen-bond donors (Lipinski definition) is 4. The first-order chi connectivity index (χ1) is 9.04. The SMILES string of the molecule is O=C([O-])OC(=O)OC(=O)[O-].O=C([O-])OC(=O)OC(=O)[O-].[NH4+].[NH4+].[NH4+].[NH4+]. The summed E-state index contributed by atoms with van der Waals surface area (Å²) >= 11 is 0. The number of carbonyl (C=O) groups is 6. The van der Waals surface area contributed by atoms with Crippen LogP contribution in [0.3, 0.4) is 0 Å². The van der Waals surface area contributed by atoms with Crippen LogP contribution in [-0.2, 0) is 18.9 Å². The van der Waals surface area contributed by atoms with Gasteiger partial charge in [-0.05, 0) is 0 Å². The first-order valence-electron chi connectivity index (χ1n) is 3.67. The number of carboxylic acid groups (broad SMARTS) is 4. The molecule has 0 aliphatic carbocycles. The molecule has 0 bridgehead atoms. The van der Waals surface area contributed by atoms with E-state index in [1.807, 2.05) is 0 Å². The van der Waals surface area contributed by atoms with Crippen LogP contribution in [0.5, 0.6) is 0 Å². The van der Waals surface area contributed by atoms with E-state index >= 15 is 0 Å². The fraction of sp³-hybridized carbons (Fsp3) is 0. The molecule has 16 N–H and O–H groups in total. The number of carbonyl (C=O) groups excluding carboxylic acids is 6. The lowest BCUT2D eigenvalue weighted by molar-refractivity contribution is -0.287. The Kier molecular flexibility index (Phi) is 29.7. The Balaban J connectivity index is -0.0000000579. The molecule has 0 aromatic rings. The molecule has 0 unspecified atom stereocenters. The zero-order valence-electron chi connectivity index (χ0n) is 12.7. The minimum absolute atomic E-state index is 0. The number of quaternary nitrogens is 4. The molecular formula is C6H16N4O14. The Hall–Kier alpha value is -3.74.